The number of nitrogens with zero attached hydrogens (tertiary/aromatic N) is 3. The second-order valence-corrected chi connectivity index (χ2v) is 7.19. The molecule has 1 aliphatic carbocycles. The van der Waals surface area contributed by atoms with Gasteiger partial charge in [0, 0.05) is 38.4 Å². The van der Waals surface area contributed by atoms with Crippen molar-refractivity contribution in [3.63, 3.8) is 0 Å². The Bertz CT molecular complexity index is 489. The summed E-state index contributed by atoms with van der Waals surface area (Å²) in [5.41, 5.74) is 0. The average molecular weight is 321 g/mol. The summed E-state index contributed by atoms with van der Waals surface area (Å²) >= 11 is 0. The highest BCUT2D eigenvalue weighted by atomic mass is 16.7. The topological polar surface area (TPSA) is 59.8 Å². The van der Waals surface area contributed by atoms with E-state index < -0.39 is 0 Å². The van der Waals surface area contributed by atoms with Crippen LogP contribution in [0.2, 0.25) is 0 Å². The van der Waals surface area contributed by atoms with Gasteiger partial charge in [0.15, 0.2) is 6.29 Å². The third kappa shape index (κ3) is 3.45. The molecule has 0 unspecified atom stereocenters. The van der Waals surface area contributed by atoms with E-state index in [9.17, 15) is 5.11 Å². The Balaban J connectivity index is 1.30. The highest BCUT2D eigenvalue weighted by Gasteiger charge is 2.42. The normalized spacial score (nSPS) is 36.2. The van der Waals surface area contributed by atoms with Crippen LogP contribution in [0.4, 0.5) is 0 Å². The maximum atomic E-state index is 10.5. The van der Waals surface area contributed by atoms with Crippen molar-refractivity contribution in [3.8, 4) is 0 Å². The van der Waals surface area contributed by atoms with Crippen LogP contribution in [0.25, 0.3) is 0 Å². The van der Waals surface area contributed by atoms with Gasteiger partial charge in [-0.3, -0.25) is 4.68 Å². The fraction of sp³-hybridized carbons (Fsp3) is 0.824. The first-order valence-electron chi connectivity index (χ1n) is 8.92. The molecule has 2 saturated heterocycles. The molecule has 1 saturated carbocycles. The van der Waals surface area contributed by atoms with Crippen molar-refractivity contribution >= 4 is 0 Å². The zero-order valence-electron chi connectivity index (χ0n) is 13.6. The largest absolute Gasteiger partial charge is 0.391 e. The quantitative estimate of drug-likeness (QED) is 0.905. The molecule has 0 aromatic carbocycles. The van der Waals surface area contributed by atoms with Crippen LogP contribution in [0, 0.1) is 11.8 Å². The Morgan fingerprint density at radius 1 is 1.13 bits per heavy atom. The Hall–Kier alpha value is -0.950. The fourth-order valence-electron chi connectivity index (χ4n) is 4.44. The minimum atomic E-state index is -0.277. The minimum absolute atomic E-state index is 0.0196. The van der Waals surface area contributed by atoms with Crippen molar-refractivity contribution in [1.82, 2.24) is 14.7 Å². The van der Waals surface area contributed by atoms with E-state index in [4.69, 9.17) is 9.47 Å². The van der Waals surface area contributed by atoms with Crippen LogP contribution in [0.5, 0.6) is 0 Å². The number of ether oxygens (including phenoxy) is 2. The van der Waals surface area contributed by atoms with Gasteiger partial charge in [-0.15, -0.1) is 0 Å². The van der Waals surface area contributed by atoms with Crippen molar-refractivity contribution in [3.05, 3.63) is 18.5 Å². The lowest BCUT2D eigenvalue weighted by molar-refractivity contribution is -0.182. The number of likely N-dealkylation sites (tertiary alicyclic amines) is 1. The number of hydrogen-bond acceptors (Lipinski definition) is 5. The SMILES string of the molecule is O[C@@H]1C[C@H]2CN(CCC3OCCCO3)C[C@H]2C[C@H]1n1cccn1. The predicted octanol–water partition coefficient (Wildman–Crippen LogP) is 1.28. The van der Waals surface area contributed by atoms with Crippen LogP contribution in [0.15, 0.2) is 18.5 Å². The number of rotatable bonds is 4. The second-order valence-electron chi connectivity index (χ2n) is 7.19. The van der Waals surface area contributed by atoms with Crippen LogP contribution >= 0.6 is 0 Å². The van der Waals surface area contributed by atoms with E-state index in [0.717, 1.165) is 58.5 Å². The van der Waals surface area contributed by atoms with Crippen LogP contribution in [0.1, 0.15) is 31.7 Å². The standard InChI is InChI=1S/C17H27N3O3/c21-16-10-14-12-19(6-3-17-22-7-2-8-23-17)11-13(14)9-15(16)20-5-1-4-18-20/h1,4-5,13-17,21H,2-3,6-12H2/t13-,14+,15-,16-/m1/s1. The van der Waals surface area contributed by atoms with Gasteiger partial charge in [-0.05, 0) is 37.2 Å². The third-order valence-corrected chi connectivity index (χ3v) is 5.63. The molecule has 2 aliphatic heterocycles. The molecular weight excluding hydrogens is 294 g/mol. The third-order valence-electron chi connectivity index (χ3n) is 5.63. The molecule has 1 aromatic rings. The number of aromatic nitrogens is 2. The Morgan fingerprint density at radius 2 is 1.91 bits per heavy atom. The molecule has 0 amide bonds. The lowest BCUT2D eigenvalue weighted by atomic mass is 9.77. The van der Waals surface area contributed by atoms with Gasteiger partial charge in [0.1, 0.15) is 0 Å². The van der Waals surface area contributed by atoms with Crippen molar-refractivity contribution in [2.75, 3.05) is 32.8 Å². The first kappa shape index (κ1) is 15.6. The fourth-order valence-corrected chi connectivity index (χ4v) is 4.44. The van der Waals surface area contributed by atoms with E-state index in [2.05, 4.69) is 10.00 Å². The summed E-state index contributed by atoms with van der Waals surface area (Å²) in [7, 11) is 0. The second kappa shape index (κ2) is 6.89. The summed E-state index contributed by atoms with van der Waals surface area (Å²) < 4.78 is 13.2. The van der Waals surface area contributed by atoms with E-state index >= 15 is 0 Å². The lowest BCUT2D eigenvalue weighted by Crippen LogP contribution is -2.36. The summed E-state index contributed by atoms with van der Waals surface area (Å²) in [6.45, 7) is 4.91. The van der Waals surface area contributed by atoms with E-state index in [1.165, 1.54) is 0 Å². The monoisotopic (exact) mass is 321 g/mol. The smallest absolute Gasteiger partial charge is 0.158 e. The summed E-state index contributed by atoms with van der Waals surface area (Å²) in [4.78, 5) is 2.52. The van der Waals surface area contributed by atoms with Gasteiger partial charge < -0.3 is 19.5 Å². The summed E-state index contributed by atoms with van der Waals surface area (Å²) in [6, 6.07) is 2.07. The van der Waals surface area contributed by atoms with Crippen molar-refractivity contribution in [1.29, 1.82) is 0 Å². The molecule has 4 atom stereocenters. The zero-order valence-corrected chi connectivity index (χ0v) is 13.6. The summed E-state index contributed by atoms with van der Waals surface area (Å²) in [5, 5.41) is 14.8. The maximum Gasteiger partial charge on any atom is 0.158 e. The summed E-state index contributed by atoms with van der Waals surface area (Å²) in [5.74, 6) is 1.28. The predicted molar refractivity (Wildman–Crippen MR) is 84.9 cm³/mol. The highest BCUT2D eigenvalue weighted by Crippen LogP contribution is 2.41. The van der Waals surface area contributed by atoms with Crippen molar-refractivity contribution < 1.29 is 14.6 Å². The molecule has 1 aromatic heterocycles. The van der Waals surface area contributed by atoms with Gasteiger partial charge >= 0.3 is 0 Å². The van der Waals surface area contributed by atoms with Crippen molar-refractivity contribution in [2.45, 2.75) is 44.1 Å². The van der Waals surface area contributed by atoms with E-state index in [1.807, 2.05) is 16.9 Å². The average Bonchev–Trinajstić information content (AvgIpc) is 3.22. The molecule has 1 N–H and O–H groups in total. The molecule has 23 heavy (non-hydrogen) atoms. The van der Waals surface area contributed by atoms with Gasteiger partial charge in [0.2, 0.25) is 0 Å². The molecule has 3 fully saturated rings. The minimum Gasteiger partial charge on any atom is -0.391 e. The highest BCUT2D eigenvalue weighted by molar-refractivity contribution is 4.96. The molecule has 3 heterocycles. The maximum absolute atomic E-state index is 10.5. The van der Waals surface area contributed by atoms with E-state index in [1.54, 1.807) is 6.20 Å². The molecule has 0 spiro atoms. The summed E-state index contributed by atoms with van der Waals surface area (Å²) in [6.07, 6.45) is 7.35. The molecule has 6 nitrogen and oxygen atoms in total. The lowest BCUT2D eigenvalue weighted by Gasteiger charge is -2.35. The molecule has 3 aliphatic rings. The van der Waals surface area contributed by atoms with Gasteiger partial charge in [-0.1, -0.05) is 0 Å². The molecular formula is C17H27N3O3. The van der Waals surface area contributed by atoms with Crippen LogP contribution in [-0.2, 0) is 9.47 Å². The number of fused-ring (bicyclic) bond motifs is 1. The first-order chi connectivity index (χ1) is 11.3. The Kier molecular flexibility index (Phi) is 4.66. The zero-order chi connectivity index (χ0) is 15.6. The number of aliphatic hydroxyl groups excluding tert-OH is 1. The van der Waals surface area contributed by atoms with E-state index in [-0.39, 0.29) is 18.4 Å². The van der Waals surface area contributed by atoms with E-state index in [0.29, 0.717) is 11.8 Å². The molecule has 128 valence electrons. The van der Waals surface area contributed by atoms with Gasteiger partial charge in [0.25, 0.3) is 0 Å². The molecule has 0 radical (unpaired) electrons. The van der Waals surface area contributed by atoms with Gasteiger partial charge in [0.05, 0.1) is 25.4 Å². The molecule has 6 heteroatoms. The van der Waals surface area contributed by atoms with Crippen LogP contribution in [-0.4, -0.2) is 65.0 Å². The molecule has 4 rings (SSSR count). The first-order valence-corrected chi connectivity index (χ1v) is 8.92. The molecule has 0 bridgehead atoms. The van der Waals surface area contributed by atoms with Crippen LogP contribution < -0.4 is 0 Å². The van der Waals surface area contributed by atoms with Gasteiger partial charge in [-0.2, -0.15) is 5.10 Å². The Morgan fingerprint density at radius 3 is 2.65 bits per heavy atom. The van der Waals surface area contributed by atoms with Gasteiger partial charge in [-0.25, -0.2) is 0 Å². The number of hydrogen-bond donors (Lipinski definition) is 1. The van der Waals surface area contributed by atoms with Crippen molar-refractivity contribution in [2.24, 2.45) is 11.8 Å². The Labute approximate surface area is 137 Å². The van der Waals surface area contributed by atoms with Crippen LogP contribution in [0.3, 0.4) is 0 Å². The number of aliphatic hydroxyl groups is 1.